The fourth-order valence-electron chi connectivity index (χ4n) is 2.53. The van der Waals surface area contributed by atoms with Gasteiger partial charge in [0.2, 0.25) is 0 Å². The van der Waals surface area contributed by atoms with E-state index in [2.05, 4.69) is 57.3 Å². The highest BCUT2D eigenvalue weighted by Gasteiger charge is 2.10. The number of aryl methyl sites for hydroxylation is 1. The van der Waals surface area contributed by atoms with Crippen LogP contribution in [0.4, 0.5) is 0 Å². The molecule has 0 heterocycles. The first-order valence-electron chi connectivity index (χ1n) is 7.90. The van der Waals surface area contributed by atoms with Gasteiger partial charge in [0, 0.05) is 6.04 Å². The molecule has 0 bridgehead atoms. The molecule has 0 aromatic heterocycles. The zero-order valence-electron chi connectivity index (χ0n) is 13.2. The van der Waals surface area contributed by atoms with E-state index >= 15 is 0 Å². The molecule has 0 fully saturated rings. The average molecular weight is 261 g/mol. The molecule has 1 unspecified atom stereocenters. The highest BCUT2D eigenvalue weighted by Crippen LogP contribution is 2.16. The largest absolute Gasteiger partial charge is 0.314 e. The molecule has 1 rings (SSSR count). The Morgan fingerprint density at radius 3 is 2.58 bits per heavy atom. The molecule has 0 saturated heterocycles. The number of rotatable bonds is 9. The first kappa shape index (κ1) is 16.2. The molecule has 0 amide bonds. The van der Waals surface area contributed by atoms with Crippen molar-refractivity contribution in [3.63, 3.8) is 0 Å². The molecule has 19 heavy (non-hydrogen) atoms. The third-order valence-corrected chi connectivity index (χ3v) is 3.64. The Morgan fingerprint density at radius 1 is 1.16 bits per heavy atom. The van der Waals surface area contributed by atoms with Gasteiger partial charge in [-0.1, -0.05) is 69.9 Å². The van der Waals surface area contributed by atoms with Crippen LogP contribution in [0.3, 0.4) is 0 Å². The second-order valence-corrected chi connectivity index (χ2v) is 6.12. The van der Waals surface area contributed by atoms with Crippen LogP contribution < -0.4 is 5.32 Å². The van der Waals surface area contributed by atoms with Crippen LogP contribution in [0.1, 0.15) is 57.6 Å². The van der Waals surface area contributed by atoms with Gasteiger partial charge in [-0.05, 0) is 37.8 Å². The molecule has 0 aliphatic carbocycles. The van der Waals surface area contributed by atoms with E-state index in [4.69, 9.17) is 0 Å². The summed E-state index contributed by atoms with van der Waals surface area (Å²) in [5.74, 6) is 0.774. The van der Waals surface area contributed by atoms with Gasteiger partial charge in [-0.2, -0.15) is 0 Å². The van der Waals surface area contributed by atoms with Crippen LogP contribution in [0.15, 0.2) is 24.3 Å². The highest BCUT2D eigenvalue weighted by molar-refractivity contribution is 5.22. The van der Waals surface area contributed by atoms with Crippen LogP contribution in [0, 0.1) is 12.8 Å². The van der Waals surface area contributed by atoms with Gasteiger partial charge < -0.3 is 5.32 Å². The Hall–Kier alpha value is -0.820. The Bertz CT molecular complexity index is 343. The quantitative estimate of drug-likeness (QED) is 0.634. The normalized spacial score (nSPS) is 12.9. The van der Waals surface area contributed by atoms with Crippen molar-refractivity contribution < 1.29 is 0 Å². The lowest BCUT2D eigenvalue weighted by Crippen LogP contribution is -2.30. The molecule has 0 aliphatic rings. The third kappa shape index (κ3) is 7.37. The molecule has 1 heteroatoms. The van der Waals surface area contributed by atoms with Crippen molar-refractivity contribution in [3.8, 4) is 0 Å². The van der Waals surface area contributed by atoms with E-state index in [1.807, 2.05) is 0 Å². The summed E-state index contributed by atoms with van der Waals surface area (Å²) in [7, 11) is 0. The Kier molecular flexibility index (Phi) is 7.81. The molecule has 108 valence electrons. The summed E-state index contributed by atoms with van der Waals surface area (Å²) in [6, 6.07) is 9.56. The van der Waals surface area contributed by atoms with Gasteiger partial charge >= 0.3 is 0 Å². The maximum Gasteiger partial charge on any atom is 0.00104 e. The zero-order valence-corrected chi connectivity index (χ0v) is 13.2. The highest BCUT2D eigenvalue weighted by atomic mass is 14.9. The SMILES string of the molecule is CCCCCC(CNC(C)C)Cc1cccc(C)c1. The summed E-state index contributed by atoms with van der Waals surface area (Å²) in [5, 5.41) is 3.61. The van der Waals surface area contributed by atoms with E-state index in [1.165, 1.54) is 43.2 Å². The lowest BCUT2D eigenvalue weighted by molar-refractivity contribution is 0.406. The summed E-state index contributed by atoms with van der Waals surface area (Å²) in [6.07, 6.45) is 6.61. The number of hydrogen-bond acceptors (Lipinski definition) is 1. The van der Waals surface area contributed by atoms with E-state index in [-0.39, 0.29) is 0 Å². The maximum atomic E-state index is 3.61. The second kappa shape index (κ2) is 9.14. The predicted octanol–water partition coefficient (Wildman–Crippen LogP) is 4.73. The fraction of sp³-hybridized carbons (Fsp3) is 0.667. The molecule has 1 aromatic rings. The predicted molar refractivity (Wildman–Crippen MR) is 85.7 cm³/mol. The van der Waals surface area contributed by atoms with E-state index in [0.29, 0.717) is 6.04 Å². The molecular weight excluding hydrogens is 230 g/mol. The van der Waals surface area contributed by atoms with Gasteiger partial charge in [-0.3, -0.25) is 0 Å². The van der Waals surface area contributed by atoms with Gasteiger partial charge in [0.25, 0.3) is 0 Å². The molecule has 1 N–H and O–H groups in total. The summed E-state index contributed by atoms with van der Waals surface area (Å²) < 4.78 is 0. The first-order valence-corrected chi connectivity index (χ1v) is 7.90. The monoisotopic (exact) mass is 261 g/mol. The van der Waals surface area contributed by atoms with Crippen LogP contribution >= 0.6 is 0 Å². The van der Waals surface area contributed by atoms with Crippen molar-refractivity contribution in [2.24, 2.45) is 5.92 Å². The van der Waals surface area contributed by atoms with Crippen LogP contribution in [-0.2, 0) is 6.42 Å². The average Bonchev–Trinajstić information content (AvgIpc) is 2.36. The van der Waals surface area contributed by atoms with Gasteiger partial charge in [-0.25, -0.2) is 0 Å². The molecular formula is C18H31N. The summed E-state index contributed by atoms with van der Waals surface area (Å²) >= 11 is 0. The third-order valence-electron chi connectivity index (χ3n) is 3.64. The van der Waals surface area contributed by atoms with E-state index in [9.17, 15) is 0 Å². The van der Waals surface area contributed by atoms with Crippen molar-refractivity contribution in [2.45, 2.75) is 65.8 Å². The van der Waals surface area contributed by atoms with Crippen molar-refractivity contribution in [3.05, 3.63) is 35.4 Å². The summed E-state index contributed by atoms with van der Waals surface area (Å²) in [6.45, 7) is 10.1. The van der Waals surface area contributed by atoms with E-state index in [1.54, 1.807) is 0 Å². The molecule has 1 aromatic carbocycles. The van der Waals surface area contributed by atoms with Gasteiger partial charge in [0.15, 0.2) is 0 Å². The molecule has 1 atom stereocenters. The lowest BCUT2D eigenvalue weighted by Gasteiger charge is -2.19. The van der Waals surface area contributed by atoms with Gasteiger partial charge in [-0.15, -0.1) is 0 Å². The minimum Gasteiger partial charge on any atom is -0.314 e. The molecule has 0 spiro atoms. The van der Waals surface area contributed by atoms with Crippen molar-refractivity contribution in [2.75, 3.05) is 6.54 Å². The molecule has 0 aliphatic heterocycles. The van der Waals surface area contributed by atoms with Crippen LogP contribution in [-0.4, -0.2) is 12.6 Å². The second-order valence-electron chi connectivity index (χ2n) is 6.12. The molecule has 0 radical (unpaired) electrons. The van der Waals surface area contributed by atoms with Crippen molar-refractivity contribution in [1.82, 2.24) is 5.32 Å². The van der Waals surface area contributed by atoms with Crippen molar-refractivity contribution in [1.29, 1.82) is 0 Å². The number of unbranched alkanes of at least 4 members (excludes halogenated alkanes) is 2. The number of nitrogens with one attached hydrogen (secondary N) is 1. The Balaban J connectivity index is 2.51. The van der Waals surface area contributed by atoms with Gasteiger partial charge in [0.1, 0.15) is 0 Å². The topological polar surface area (TPSA) is 12.0 Å². The number of benzene rings is 1. The van der Waals surface area contributed by atoms with E-state index < -0.39 is 0 Å². The zero-order chi connectivity index (χ0) is 14.1. The smallest absolute Gasteiger partial charge is 0.00104 e. The minimum atomic E-state index is 0.589. The number of hydrogen-bond donors (Lipinski definition) is 1. The van der Waals surface area contributed by atoms with Crippen molar-refractivity contribution >= 4 is 0 Å². The van der Waals surface area contributed by atoms with Gasteiger partial charge in [0.05, 0.1) is 0 Å². The minimum absolute atomic E-state index is 0.589. The van der Waals surface area contributed by atoms with Crippen LogP contribution in [0.5, 0.6) is 0 Å². The summed E-state index contributed by atoms with van der Waals surface area (Å²) in [4.78, 5) is 0. The van der Waals surface area contributed by atoms with Crippen LogP contribution in [0.2, 0.25) is 0 Å². The standard InChI is InChI=1S/C18H31N/c1-5-6-7-10-18(14-19-15(2)3)13-17-11-8-9-16(4)12-17/h8-9,11-12,15,18-19H,5-7,10,13-14H2,1-4H3. The fourth-order valence-corrected chi connectivity index (χ4v) is 2.53. The molecule has 0 saturated carbocycles. The molecule has 1 nitrogen and oxygen atoms in total. The Morgan fingerprint density at radius 2 is 1.95 bits per heavy atom. The van der Waals surface area contributed by atoms with E-state index in [0.717, 1.165) is 12.5 Å². The summed E-state index contributed by atoms with van der Waals surface area (Å²) in [5.41, 5.74) is 2.87. The van der Waals surface area contributed by atoms with Crippen LogP contribution in [0.25, 0.3) is 0 Å². The first-order chi connectivity index (χ1) is 9.11. The Labute approximate surface area is 119 Å². The lowest BCUT2D eigenvalue weighted by atomic mass is 9.93. The maximum absolute atomic E-state index is 3.61.